The summed E-state index contributed by atoms with van der Waals surface area (Å²) in [5, 5.41) is 12.4. The first-order chi connectivity index (χ1) is 8.98. The van der Waals surface area contributed by atoms with Gasteiger partial charge in [0.1, 0.15) is 0 Å². The fraction of sp³-hybridized carbons (Fsp3) is 0.562. The summed E-state index contributed by atoms with van der Waals surface area (Å²) in [4.78, 5) is 1.28. The Morgan fingerprint density at radius 2 is 1.95 bits per heavy atom. The average molecular weight is 276 g/mol. The number of nitriles is 1. The fourth-order valence-electron chi connectivity index (χ4n) is 1.76. The van der Waals surface area contributed by atoms with Crippen LogP contribution in [0.15, 0.2) is 29.2 Å². The summed E-state index contributed by atoms with van der Waals surface area (Å²) < 4.78 is 0. The molecule has 1 atom stereocenters. The lowest BCUT2D eigenvalue weighted by atomic mass is 9.93. The molecule has 0 bridgehead atoms. The van der Waals surface area contributed by atoms with Gasteiger partial charge in [-0.25, -0.2) is 0 Å². The number of rotatable bonds is 7. The van der Waals surface area contributed by atoms with Gasteiger partial charge in [0, 0.05) is 10.9 Å². The van der Waals surface area contributed by atoms with Crippen molar-refractivity contribution >= 4 is 11.8 Å². The summed E-state index contributed by atoms with van der Waals surface area (Å²) in [6, 6.07) is 11.5. The predicted molar refractivity (Wildman–Crippen MR) is 83.3 cm³/mol. The van der Waals surface area contributed by atoms with Gasteiger partial charge in [-0.2, -0.15) is 5.26 Å². The molecule has 0 heterocycles. The van der Waals surface area contributed by atoms with E-state index in [0.29, 0.717) is 6.04 Å². The van der Waals surface area contributed by atoms with Crippen LogP contribution in [0.2, 0.25) is 0 Å². The highest BCUT2D eigenvalue weighted by Crippen LogP contribution is 2.26. The van der Waals surface area contributed by atoms with Crippen LogP contribution in [0.1, 0.15) is 45.7 Å². The molecule has 1 unspecified atom stereocenters. The Bertz CT molecular complexity index is 417. The van der Waals surface area contributed by atoms with Gasteiger partial charge in [-0.05, 0) is 57.2 Å². The molecule has 0 saturated heterocycles. The van der Waals surface area contributed by atoms with Crippen molar-refractivity contribution in [3.8, 4) is 6.07 Å². The van der Waals surface area contributed by atoms with Crippen molar-refractivity contribution in [2.45, 2.75) is 45.1 Å². The van der Waals surface area contributed by atoms with Gasteiger partial charge in [0.2, 0.25) is 0 Å². The Labute approximate surface area is 121 Å². The molecule has 104 valence electrons. The first kappa shape index (κ1) is 16.1. The monoisotopic (exact) mass is 276 g/mol. The van der Waals surface area contributed by atoms with E-state index < -0.39 is 0 Å². The second kappa shape index (κ2) is 7.57. The van der Waals surface area contributed by atoms with Crippen LogP contribution in [-0.2, 0) is 0 Å². The van der Waals surface area contributed by atoms with Gasteiger partial charge < -0.3 is 5.32 Å². The van der Waals surface area contributed by atoms with Crippen LogP contribution in [0.5, 0.6) is 0 Å². The summed E-state index contributed by atoms with van der Waals surface area (Å²) in [7, 11) is 0. The van der Waals surface area contributed by atoms with Gasteiger partial charge in [-0.1, -0.05) is 19.1 Å². The van der Waals surface area contributed by atoms with E-state index in [2.05, 4.69) is 49.5 Å². The second-order valence-corrected chi connectivity index (χ2v) is 6.61. The van der Waals surface area contributed by atoms with Crippen LogP contribution >= 0.6 is 11.8 Å². The van der Waals surface area contributed by atoms with Gasteiger partial charge in [-0.3, -0.25) is 0 Å². The van der Waals surface area contributed by atoms with Crippen molar-refractivity contribution in [2.24, 2.45) is 5.41 Å². The minimum atomic E-state index is -0.216. The Kier molecular flexibility index (Phi) is 6.41. The van der Waals surface area contributed by atoms with E-state index in [0.717, 1.165) is 18.7 Å². The molecule has 1 N–H and O–H groups in total. The van der Waals surface area contributed by atoms with E-state index in [-0.39, 0.29) is 5.41 Å². The maximum Gasteiger partial charge on any atom is 0.0684 e. The van der Waals surface area contributed by atoms with E-state index in [1.165, 1.54) is 10.5 Å². The smallest absolute Gasteiger partial charge is 0.0684 e. The Balaban J connectivity index is 2.47. The third-order valence-corrected chi connectivity index (χ3v) is 4.20. The van der Waals surface area contributed by atoms with Crippen molar-refractivity contribution in [1.82, 2.24) is 5.32 Å². The lowest BCUT2D eigenvalue weighted by molar-refractivity contribution is 0.482. The highest BCUT2D eigenvalue weighted by Gasteiger charge is 2.15. The fourth-order valence-corrected chi connectivity index (χ4v) is 2.93. The van der Waals surface area contributed by atoms with E-state index in [1.54, 1.807) is 0 Å². The minimum absolute atomic E-state index is 0.216. The molecule has 0 aliphatic heterocycles. The first-order valence-electron chi connectivity index (χ1n) is 6.86. The van der Waals surface area contributed by atoms with Crippen LogP contribution in [0, 0.1) is 16.7 Å². The van der Waals surface area contributed by atoms with Crippen LogP contribution in [0.3, 0.4) is 0 Å². The maximum absolute atomic E-state index is 8.97. The third kappa shape index (κ3) is 5.67. The van der Waals surface area contributed by atoms with E-state index in [4.69, 9.17) is 5.26 Å². The normalized spacial score (nSPS) is 13.0. The van der Waals surface area contributed by atoms with Crippen molar-refractivity contribution in [3.05, 3.63) is 29.8 Å². The number of thioether (sulfide) groups is 1. The van der Waals surface area contributed by atoms with Crippen LogP contribution in [-0.4, -0.2) is 12.3 Å². The molecule has 0 aliphatic rings. The number of benzene rings is 1. The van der Waals surface area contributed by atoms with Crippen molar-refractivity contribution in [3.63, 3.8) is 0 Å². The molecule has 0 radical (unpaired) electrons. The summed E-state index contributed by atoms with van der Waals surface area (Å²) >= 11 is 1.82. The van der Waals surface area contributed by atoms with E-state index in [9.17, 15) is 0 Å². The molecule has 0 aliphatic carbocycles. The van der Waals surface area contributed by atoms with E-state index >= 15 is 0 Å². The predicted octanol–water partition coefficient (Wildman–Crippen LogP) is 4.39. The first-order valence-corrected chi connectivity index (χ1v) is 7.84. The molecule has 1 aromatic rings. The molecular weight excluding hydrogens is 252 g/mol. The molecule has 0 amide bonds. The zero-order chi connectivity index (χ0) is 14.3. The standard InChI is InChI=1S/C16H24N2S/c1-5-18-13(2)14-6-8-15(9-7-14)19-11-10-16(3,4)12-17/h6-9,13,18H,5,10-11H2,1-4H3. The minimum Gasteiger partial charge on any atom is -0.310 e. The zero-order valence-electron chi connectivity index (χ0n) is 12.4. The molecule has 1 rings (SSSR count). The summed E-state index contributed by atoms with van der Waals surface area (Å²) in [6.45, 7) is 9.28. The quantitative estimate of drug-likeness (QED) is 0.750. The molecule has 19 heavy (non-hydrogen) atoms. The number of hydrogen-bond acceptors (Lipinski definition) is 3. The maximum atomic E-state index is 8.97. The molecule has 2 nitrogen and oxygen atoms in total. The van der Waals surface area contributed by atoms with Crippen LogP contribution < -0.4 is 5.32 Å². The molecule has 0 spiro atoms. The third-order valence-electron chi connectivity index (χ3n) is 3.19. The molecule has 1 aromatic carbocycles. The number of nitrogens with one attached hydrogen (secondary N) is 1. The van der Waals surface area contributed by atoms with Crippen LogP contribution in [0.4, 0.5) is 0 Å². The molecule has 3 heteroatoms. The molecular formula is C16H24N2S. The lowest BCUT2D eigenvalue weighted by Gasteiger charge is -2.15. The van der Waals surface area contributed by atoms with Gasteiger partial charge in [0.25, 0.3) is 0 Å². The molecule has 0 saturated carbocycles. The van der Waals surface area contributed by atoms with Crippen molar-refractivity contribution in [2.75, 3.05) is 12.3 Å². The van der Waals surface area contributed by atoms with Gasteiger partial charge in [0.15, 0.2) is 0 Å². The largest absolute Gasteiger partial charge is 0.310 e. The van der Waals surface area contributed by atoms with Crippen molar-refractivity contribution in [1.29, 1.82) is 5.26 Å². The van der Waals surface area contributed by atoms with Crippen molar-refractivity contribution < 1.29 is 0 Å². The summed E-state index contributed by atoms with van der Waals surface area (Å²) in [5.41, 5.74) is 1.11. The average Bonchev–Trinajstić information content (AvgIpc) is 2.39. The second-order valence-electron chi connectivity index (χ2n) is 5.44. The SMILES string of the molecule is CCNC(C)c1ccc(SCCC(C)(C)C#N)cc1. The van der Waals surface area contributed by atoms with Crippen LogP contribution in [0.25, 0.3) is 0 Å². The number of hydrogen-bond donors (Lipinski definition) is 1. The Morgan fingerprint density at radius 1 is 1.32 bits per heavy atom. The Morgan fingerprint density at radius 3 is 2.47 bits per heavy atom. The summed E-state index contributed by atoms with van der Waals surface area (Å²) in [6.07, 6.45) is 0.920. The highest BCUT2D eigenvalue weighted by atomic mass is 32.2. The van der Waals surface area contributed by atoms with Gasteiger partial charge in [-0.15, -0.1) is 11.8 Å². The zero-order valence-corrected chi connectivity index (χ0v) is 13.2. The van der Waals surface area contributed by atoms with E-state index in [1.807, 2.05) is 25.6 Å². The highest BCUT2D eigenvalue weighted by molar-refractivity contribution is 7.99. The number of nitrogens with zero attached hydrogens (tertiary/aromatic N) is 1. The lowest BCUT2D eigenvalue weighted by Crippen LogP contribution is -2.17. The Hall–Kier alpha value is -0.980. The molecule has 0 fully saturated rings. The molecule has 0 aromatic heterocycles. The van der Waals surface area contributed by atoms with Gasteiger partial charge >= 0.3 is 0 Å². The van der Waals surface area contributed by atoms with Gasteiger partial charge in [0.05, 0.1) is 11.5 Å². The summed E-state index contributed by atoms with van der Waals surface area (Å²) in [5.74, 6) is 0.989. The topological polar surface area (TPSA) is 35.8 Å².